The van der Waals surface area contributed by atoms with Crippen molar-refractivity contribution in [3.63, 3.8) is 0 Å². The lowest BCUT2D eigenvalue weighted by Crippen LogP contribution is -2.42. The van der Waals surface area contributed by atoms with E-state index >= 15 is 0 Å². The Morgan fingerprint density at radius 2 is 2.06 bits per heavy atom. The van der Waals surface area contributed by atoms with E-state index in [-0.39, 0.29) is 17.6 Å². The normalized spacial score (nSPS) is 15.1. The van der Waals surface area contributed by atoms with E-state index in [1.165, 1.54) is 6.07 Å². The highest BCUT2D eigenvalue weighted by Crippen LogP contribution is 2.21. The number of benzene rings is 1. The van der Waals surface area contributed by atoms with Gasteiger partial charge in [-0.15, -0.1) is 0 Å². The zero-order valence-corrected chi connectivity index (χ0v) is 9.66. The molecule has 1 aromatic rings. The van der Waals surface area contributed by atoms with Crippen molar-refractivity contribution in [2.45, 2.75) is 26.2 Å². The average Bonchev–Trinajstić information content (AvgIpc) is 2.14. The summed E-state index contributed by atoms with van der Waals surface area (Å²) in [6, 6.07) is 4.79. The van der Waals surface area contributed by atoms with Gasteiger partial charge in [-0.2, -0.15) is 0 Å². The fraction of sp³-hybridized carbons (Fsp3) is 0.462. The van der Waals surface area contributed by atoms with E-state index in [9.17, 15) is 9.18 Å². The number of carbonyl (C=O) groups excluding carboxylic acids is 1. The number of hydrogen-bond acceptors (Lipinski definition) is 1. The highest BCUT2D eigenvalue weighted by atomic mass is 19.1. The molecule has 0 bridgehead atoms. The summed E-state index contributed by atoms with van der Waals surface area (Å²) >= 11 is 0. The van der Waals surface area contributed by atoms with Crippen LogP contribution in [0.1, 0.15) is 42.1 Å². The van der Waals surface area contributed by atoms with Gasteiger partial charge < -0.3 is 4.90 Å². The minimum Gasteiger partial charge on any atom is -0.339 e. The van der Waals surface area contributed by atoms with Gasteiger partial charge in [-0.3, -0.25) is 4.79 Å². The van der Waals surface area contributed by atoms with E-state index < -0.39 is 0 Å². The third kappa shape index (κ3) is 1.94. The van der Waals surface area contributed by atoms with Crippen molar-refractivity contribution in [1.29, 1.82) is 0 Å². The molecule has 2 nitrogen and oxygen atoms in total. The van der Waals surface area contributed by atoms with Crippen LogP contribution in [-0.2, 0) is 0 Å². The molecular formula is C13H16FNO. The van der Waals surface area contributed by atoms with Gasteiger partial charge in [-0.25, -0.2) is 4.39 Å². The number of amides is 1. The zero-order chi connectivity index (χ0) is 11.7. The molecule has 0 radical (unpaired) electrons. The van der Waals surface area contributed by atoms with Crippen LogP contribution in [0.3, 0.4) is 0 Å². The minimum absolute atomic E-state index is 0.0551. The summed E-state index contributed by atoms with van der Waals surface area (Å²) in [5.74, 6) is -0.185. The van der Waals surface area contributed by atoms with Crippen molar-refractivity contribution in [2.75, 3.05) is 13.1 Å². The van der Waals surface area contributed by atoms with Crippen LogP contribution in [0.15, 0.2) is 18.2 Å². The molecule has 1 aromatic carbocycles. The molecule has 0 aromatic heterocycles. The maximum absolute atomic E-state index is 13.7. The van der Waals surface area contributed by atoms with E-state index in [1.54, 1.807) is 17.0 Å². The van der Waals surface area contributed by atoms with Crippen molar-refractivity contribution < 1.29 is 9.18 Å². The summed E-state index contributed by atoms with van der Waals surface area (Å²) in [6.07, 6.45) is 1.05. The number of hydrogen-bond donors (Lipinski definition) is 0. The Morgan fingerprint density at radius 1 is 1.38 bits per heavy atom. The zero-order valence-electron chi connectivity index (χ0n) is 9.66. The van der Waals surface area contributed by atoms with Gasteiger partial charge in [-0.05, 0) is 30.0 Å². The van der Waals surface area contributed by atoms with Crippen LogP contribution in [0, 0.1) is 5.82 Å². The average molecular weight is 221 g/mol. The van der Waals surface area contributed by atoms with Gasteiger partial charge >= 0.3 is 0 Å². The van der Waals surface area contributed by atoms with E-state index in [2.05, 4.69) is 0 Å². The van der Waals surface area contributed by atoms with Gasteiger partial charge in [-0.1, -0.05) is 19.9 Å². The molecule has 0 saturated carbocycles. The summed E-state index contributed by atoms with van der Waals surface area (Å²) in [4.78, 5) is 13.6. The smallest absolute Gasteiger partial charge is 0.253 e. The molecule has 16 heavy (non-hydrogen) atoms. The second-order valence-corrected chi connectivity index (χ2v) is 4.54. The van der Waals surface area contributed by atoms with Crippen LogP contribution >= 0.6 is 0 Å². The number of nitrogens with zero attached hydrogens (tertiary/aromatic N) is 1. The standard InChI is InChI=1S/C13H16FNO/c1-9(2)11-5-4-10(8-12(11)14)13(16)15-6-3-7-15/h4-5,8-9H,3,6-7H2,1-2H3. The summed E-state index contributed by atoms with van der Waals surface area (Å²) < 4.78 is 13.7. The largest absolute Gasteiger partial charge is 0.339 e. The summed E-state index contributed by atoms with van der Waals surface area (Å²) in [5.41, 5.74) is 1.13. The second-order valence-electron chi connectivity index (χ2n) is 4.54. The highest BCUT2D eigenvalue weighted by Gasteiger charge is 2.22. The Bertz CT molecular complexity index is 410. The maximum atomic E-state index is 13.7. The number of rotatable bonds is 2. The molecule has 1 aliphatic rings. The van der Waals surface area contributed by atoms with Gasteiger partial charge in [0.25, 0.3) is 5.91 Å². The second kappa shape index (κ2) is 4.24. The first-order valence-corrected chi connectivity index (χ1v) is 5.68. The maximum Gasteiger partial charge on any atom is 0.253 e. The van der Waals surface area contributed by atoms with Gasteiger partial charge in [0.05, 0.1) is 0 Å². The first-order chi connectivity index (χ1) is 7.59. The molecular weight excluding hydrogens is 205 g/mol. The Hall–Kier alpha value is -1.38. The molecule has 1 heterocycles. The fourth-order valence-corrected chi connectivity index (χ4v) is 1.83. The topological polar surface area (TPSA) is 20.3 Å². The summed E-state index contributed by atoms with van der Waals surface area (Å²) in [5, 5.41) is 0. The van der Waals surface area contributed by atoms with Gasteiger partial charge in [0.15, 0.2) is 0 Å². The monoisotopic (exact) mass is 221 g/mol. The van der Waals surface area contributed by atoms with Gasteiger partial charge in [0, 0.05) is 18.7 Å². The van der Waals surface area contributed by atoms with Crippen molar-refractivity contribution in [1.82, 2.24) is 4.90 Å². The third-order valence-electron chi connectivity index (χ3n) is 3.01. The first kappa shape index (κ1) is 11.1. The van der Waals surface area contributed by atoms with E-state index in [0.717, 1.165) is 19.5 Å². The summed E-state index contributed by atoms with van der Waals surface area (Å²) in [7, 11) is 0. The molecule has 0 aliphatic carbocycles. The van der Waals surface area contributed by atoms with Crippen LogP contribution in [0.2, 0.25) is 0 Å². The van der Waals surface area contributed by atoms with Crippen LogP contribution < -0.4 is 0 Å². The molecule has 1 amide bonds. The summed E-state index contributed by atoms with van der Waals surface area (Å²) in [6.45, 7) is 5.48. The van der Waals surface area contributed by atoms with Crippen LogP contribution in [-0.4, -0.2) is 23.9 Å². The molecule has 1 fully saturated rings. The molecule has 0 atom stereocenters. The van der Waals surface area contributed by atoms with Gasteiger partial charge in [0.2, 0.25) is 0 Å². The molecule has 0 unspecified atom stereocenters. The van der Waals surface area contributed by atoms with E-state index in [4.69, 9.17) is 0 Å². The fourth-order valence-electron chi connectivity index (χ4n) is 1.83. The first-order valence-electron chi connectivity index (χ1n) is 5.68. The SMILES string of the molecule is CC(C)c1ccc(C(=O)N2CCC2)cc1F. The van der Waals surface area contributed by atoms with E-state index in [1.807, 2.05) is 13.8 Å². The molecule has 1 aliphatic heterocycles. The Labute approximate surface area is 95.1 Å². The molecule has 86 valence electrons. The van der Waals surface area contributed by atoms with Crippen LogP contribution in [0.5, 0.6) is 0 Å². The lowest BCUT2D eigenvalue weighted by atomic mass is 10.00. The predicted molar refractivity (Wildman–Crippen MR) is 61.0 cm³/mol. The van der Waals surface area contributed by atoms with Crippen molar-refractivity contribution in [2.24, 2.45) is 0 Å². The quantitative estimate of drug-likeness (QED) is 0.752. The molecule has 0 N–H and O–H groups in total. The Kier molecular flexibility index (Phi) is 2.95. The number of likely N-dealkylation sites (tertiary alicyclic amines) is 1. The molecule has 2 rings (SSSR count). The third-order valence-corrected chi connectivity index (χ3v) is 3.01. The Morgan fingerprint density at radius 3 is 2.50 bits per heavy atom. The lowest BCUT2D eigenvalue weighted by molar-refractivity contribution is 0.0651. The van der Waals surface area contributed by atoms with Crippen LogP contribution in [0.25, 0.3) is 0 Å². The van der Waals surface area contributed by atoms with Crippen LogP contribution in [0.4, 0.5) is 4.39 Å². The molecule has 1 saturated heterocycles. The predicted octanol–water partition coefficient (Wildman–Crippen LogP) is 2.80. The molecule has 0 spiro atoms. The van der Waals surface area contributed by atoms with Crippen molar-refractivity contribution in [3.8, 4) is 0 Å². The van der Waals surface area contributed by atoms with Gasteiger partial charge in [0.1, 0.15) is 5.82 Å². The number of halogens is 1. The minimum atomic E-state index is -0.277. The molecule has 3 heteroatoms. The number of carbonyl (C=O) groups is 1. The lowest BCUT2D eigenvalue weighted by Gasteiger charge is -2.31. The van der Waals surface area contributed by atoms with Crippen molar-refractivity contribution >= 4 is 5.91 Å². The van der Waals surface area contributed by atoms with E-state index in [0.29, 0.717) is 11.1 Å². The Balaban J connectivity index is 2.23. The highest BCUT2D eigenvalue weighted by molar-refractivity contribution is 5.94. The van der Waals surface area contributed by atoms with Crippen molar-refractivity contribution in [3.05, 3.63) is 35.1 Å².